The van der Waals surface area contributed by atoms with Crippen molar-refractivity contribution in [3.63, 3.8) is 0 Å². The molecule has 1 aliphatic rings. The van der Waals surface area contributed by atoms with Crippen molar-refractivity contribution in [1.29, 1.82) is 0 Å². The summed E-state index contributed by atoms with van der Waals surface area (Å²) < 4.78 is 5.77. The first-order chi connectivity index (χ1) is 7.22. The van der Waals surface area contributed by atoms with Gasteiger partial charge in [-0.15, -0.1) is 0 Å². The van der Waals surface area contributed by atoms with Crippen molar-refractivity contribution in [2.75, 3.05) is 46.9 Å². The molecule has 0 aliphatic carbocycles. The van der Waals surface area contributed by atoms with Gasteiger partial charge in [-0.25, -0.2) is 0 Å². The third-order valence-electron chi connectivity index (χ3n) is 2.95. The van der Waals surface area contributed by atoms with E-state index in [0.29, 0.717) is 6.10 Å². The minimum atomic E-state index is 0.456. The quantitative estimate of drug-likeness (QED) is 0.665. The molecule has 0 aromatic carbocycles. The van der Waals surface area contributed by atoms with Gasteiger partial charge in [-0.2, -0.15) is 0 Å². The Hall–Kier alpha value is -0.120. The zero-order chi connectivity index (χ0) is 11.1. The summed E-state index contributed by atoms with van der Waals surface area (Å²) in [4.78, 5) is 4.78. The van der Waals surface area contributed by atoms with E-state index >= 15 is 0 Å². The van der Waals surface area contributed by atoms with Crippen LogP contribution in [0.4, 0.5) is 0 Å². The lowest BCUT2D eigenvalue weighted by Gasteiger charge is -2.33. The van der Waals surface area contributed by atoms with Crippen LogP contribution in [0.5, 0.6) is 0 Å². The summed E-state index contributed by atoms with van der Waals surface area (Å²) in [6, 6.07) is 0. The van der Waals surface area contributed by atoms with Gasteiger partial charge in [0, 0.05) is 19.6 Å². The van der Waals surface area contributed by atoms with E-state index in [0.717, 1.165) is 32.7 Å². The van der Waals surface area contributed by atoms with Gasteiger partial charge in [0.1, 0.15) is 0 Å². The van der Waals surface area contributed by atoms with E-state index in [4.69, 9.17) is 4.74 Å². The van der Waals surface area contributed by atoms with Crippen LogP contribution in [0.2, 0.25) is 0 Å². The molecule has 1 heterocycles. The Morgan fingerprint density at radius 2 is 2.20 bits per heavy atom. The van der Waals surface area contributed by atoms with Crippen LogP contribution < -0.4 is 0 Å². The molecule has 1 aliphatic heterocycles. The molecule has 1 unspecified atom stereocenters. The molecular weight excluding hydrogens is 188 g/mol. The Balaban J connectivity index is 2.17. The van der Waals surface area contributed by atoms with E-state index in [1.54, 1.807) is 0 Å². The fourth-order valence-corrected chi connectivity index (χ4v) is 1.94. The minimum absolute atomic E-state index is 0.456. The second-order valence-corrected chi connectivity index (χ2v) is 4.74. The maximum atomic E-state index is 5.77. The van der Waals surface area contributed by atoms with Crippen molar-refractivity contribution >= 4 is 0 Å². The molecule has 0 saturated carbocycles. The summed E-state index contributed by atoms with van der Waals surface area (Å²) in [6.07, 6.45) is 4.23. The molecule has 1 atom stereocenters. The van der Waals surface area contributed by atoms with Crippen LogP contribution in [-0.4, -0.2) is 62.8 Å². The molecule has 0 N–H and O–H groups in total. The van der Waals surface area contributed by atoms with Gasteiger partial charge in [0.2, 0.25) is 0 Å². The third kappa shape index (κ3) is 5.50. The van der Waals surface area contributed by atoms with Crippen LogP contribution in [0.15, 0.2) is 0 Å². The highest BCUT2D eigenvalue weighted by Crippen LogP contribution is 2.09. The summed E-state index contributed by atoms with van der Waals surface area (Å²) in [5, 5.41) is 0. The molecule has 1 saturated heterocycles. The third-order valence-corrected chi connectivity index (χ3v) is 2.95. The Kier molecular flexibility index (Phi) is 6.22. The highest BCUT2D eigenvalue weighted by molar-refractivity contribution is 4.72. The van der Waals surface area contributed by atoms with Crippen LogP contribution in [0, 0.1) is 0 Å². The Morgan fingerprint density at radius 1 is 1.40 bits per heavy atom. The van der Waals surface area contributed by atoms with Gasteiger partial charge in [0.25, 0.3) is 0 Å². The number of nitrogens with zero attached hydrogens (tertiary/aromatic N) is 2. The Labute approximate surface area is 94.4 Å². The molecule has 1 rings (SSSR count). The van der Waals surface area contributed by atoms with Gasteiger partial charge in [0.15, 0.2) is 0 Å². The molecule has 0 radical (unpaired) electrons. The number of rotatable bonds is 6. The van der Waals surface area contributed by atoms with Crippen LogP contribution >= 0.6 is 0 Å². The van der Waals surface area contributed by atoms with Crippen molar-refractivity contribution < 1.29 is 4.74 Å². The predicted octanol–water partition coefficient (Wildman–Crippen LogP) is 1.44. The fraction of sp³-hybridized carbons (Fsp3) is 1.00. The monoisotopic (exact) mass is 214 g/mol. The topological polar surface area (TPSA) is 15.7 Å². The lowest BCUT2D eigenvalue weighted by molar-refractivity contribution is -0.0344. The van der Waals surface area contributed by atoms with E-state index in [1.807, 2.05) is 0 Å². The highest BCUT2D eigenvalue weighted by atomic mass is 16.5. The van der Waals surface area contributed by atoms with Gasteiger partial charge in [0.05, 0.1) is 12.7 Å². The zero-order valence-corrected chi connectivity index (χ0v) is 10.5. The summed E-state index contributed by atoms with van der Waals surface area (Å²) in [5.41, 5.74) is 0. The van der Waals surface area contributed by atoms with Crippen LogP contribution in [0.1, 0.15) is 26.2 Å². The summed E-state index contributed by atoms with van der Waals surface area (Å²) >= 11 is 0. The van der Waals surface area contributed by atoms with E-state index in [1.165, 1.54) is 19.4 Å². The first-order valence-electron chi connectivity index (χ1n) is 6.21. The average molecular weight is 214 g/mol. The Bertz CT molecular complexity index is 162. The lowest BCUT2D eigenvalue weighted by Crippen LogP contribution is -2.43. The molecule has 0 amide bonds. The van der Waals surface area contributed by atoms with Gasteiger partial charge in [-0.1, -0.05) is 13.3 Å². The SMILES string of the molecule is CCCCN1CCOC(CCN(C)C)C1. The second kappa shape index (κ2) is 7.20. The first kappa shape index (κ1) is 12.9. The van der Waals surface area contributed by atoms with Gasteiger partial charge < -0.3 is 9.64 Å². The lowest BCUT2D eigenvalue weighted by atomic mass is 10.2. The van der Waals surface area contributed by atoms with Gasteiger partial charge in [-0.3, -0.25) is 4.90 Å². The number of ether oxygens (including phenoxy) is 1. The minimum Gasteiger partial charge on any atom is -0.376 e. The van der Waals surface area contributed by atoms with E-state index < -0.39 is 0 Å². The van der Waals surface area contributed by atoms with Crippen LogP contribution in [-0.2, 0) is 4.74 Å². The largest absolute Gasteiger partial charge is 0.376 e. The van der Waals surface area contributed by atoms with Crippen molar-refractivity contribution in [2.24, 2.45) is 0 Å². The number of morpholine rings is 1. The molecule has 3 nitrogen and oxygen atoms in total. The van der Waals surface area contributed by atoms with Crippen LogP contribution in [0.3, 0.4) is 0 Å². The standard InChI is InChI=1S/C12H26N2O/c1-4-5-7-14-9-10-15-12(11-14)6-8-13(2)3/h12H,4-11H2,1-3H3. The summed E-state index contributed by atoms with van der Waals surface area (Å²) in [7, 11) is 4.25. The average Bonchev–Trinajstić information content (AvgIpc) is 2.24. The fourth-order valence-electron chi connectivity index (χ4n) is 1.94. The molecule has 0 aromatic heterocycles. The molecule has 3 heteroatoms. The summed E-state index contributed by atoms with van der Waals surface area (Å²) in [6.45, 7) is 7.81. The van der Waals surface area contributed by atoms with Gasteiger partial charge >= 0.3 is 0 Å². The Morgan fingerprint density at radius 3 is 2.87 bits per heavy atom. The number of hydrogen-bond acceptors (Lipinski definition) is 3. The summed E-state index contributed by atoms with van der Waals surface area (Å²) in [5.74, 6) is 0. The van der Waals surface area contributed by atoms with Crippen LogP contribution in [0.25, 0.3) is 0 Å². The number of hydrogen-bond donors (Lipinski definition) is 0. The molecule has 90 valence electrons. The van der Waals surface area contributed by atoms with Gasteiger partial charge in [-0.05, 0) is 33.5 Å². The maximum Gasteiger partial charge on any atom is 0.0714 e. The molecule has 0 spiro atoms. The normalized spacial score (nSPS) is 23.6. The molecule has 0 bridgehead atoms. The zero-order valence-electron chi connectivity index (χ0n) is 10.5. The molecule has 1 fully saturated rings. The molecule has 15 heavy (non-hydrogen) atoms. The first-order valence-corrected chi connectivity index (χ1v) is 6.21. The van der Waals surface area contributed by atoms with E-state index in [-0.39, 0.29) is 0 Å². The van der Waals surface area contributed by atoms with Crippen molar-refractivity contribution in [3.8, 4) is 0 Å². The molecule has 0 aromatic rings. The number of unbranched alkanes of at least 4 members (excludes halogenated alkanes) is 1. The van der Waals surface area contributed by atoms with Crippen molar-refractivity contribution in [2.45, 2.75) is 32.3 Å². The van der Waals surface area contributed by atoms with Crippen molar-refractivity contribution in [1.82, 2.24) is 9.80 Å². The predicted molar refractivity (Wildman–Crippen MR) is 64.3 cm³/mol. The second-order valence-electron chi connectivity index (χ2n) is 4.74. The molecular formula is C12H26N2O. The van der Waals surface area contributed by atoms with Crippen molar-refractivity contribution in [3.05, 3.63) is 0 Å². The smallest absolute Gasteiger partial charge is 0.0714 e. The maximum absolute atomic E-state index is 5.77. The van der Waals surface area contributed by atoms with E-state index in [2.05, 4.69) is 30.8 Å². The highest BCUT2D eigenvalue weighted by Gasteiger charge is 2.19. The van der Waals surface area contributed by atoms with E-state index in [9.17, 15) is 0 Å².